The van der Waals surface area contributed by atoms with Crippen molar-refractivity contribution in [3.8, 4) is 0 Å². The van der Waals surface area contributed by atoms with Crippen molar-refractivity contribution < 1.29 is 4.42 Å². The van der Waals surface area contributed by atoms with E-state index in [0.29, 0.717) is 18.3 Å². The fourth-order valence-electron chi connectivity index (χ4n) is 2.94. The summed E-state index contributed by atoms with van der Waals surface area (Å²) < 4.78 is 7.21. The Bertz CT molecular complexity index is 620. The van der Waals surface area contributed by atoms with E-state index < -0.39 is 0 Å². The minimum absolute atomic E-state index is 0.281. The molecule has 0 aliphatic carbocycles. The third kappa shape index (κ3) is 2.33. The van der Waals surface area contributed by atoms with Gasteiger partial charge in [0.1, 0.15) is 5.15 Å². The topological polar surface area (TPSA) is 60.0 Å². The SMILES string of the molecule is Cc1nnc(CN2CCC[C@@H]2c2c(C)nn(C)c2Cl)o1. The molecule has 0 aromatic carbocycles. The Morgan fingerprint density at radius 3 is 2.75 bits per heavy atom. The predicted octanol–water partition coefficient (Wildman–Crippen LogP) is 2.41. The van der Waals surface area contributed by atoms with E-state index in [-0.39, 0.29) is 6.04 Å². The number of hydrogen-bond acceptors (Lipinski definition) is 5. The fourth-order valence-corrected chi connectivity index (χ4v) is 3.24. The zero-order valence-corrected chi connectivity index (χ0v) is 12.7. The van der Waals surface area contributed by atoms with Crippen LogP contribution in [0, 0.1) is 13.8 Å². The number of rotatable bonds is 3. The lowest BCUT2D eigenvalue weighted by Gasteiger charge is -2.22. The second kappa shape index (κ2) is 5.18. The summed E-state index contributed by atoms with van der Waals surface area (Å²) in [5, 5.41) is 13.1. The van der Waals surface area contributed by atoms with Crippen molar-refractivity contribution in [3.05, 3.63) is 28.2 Å². The van der Waals surface area contributed by atoms with Gasteiger partial charge in [0.15, 0.2) is 0 Å². The maximum atomic E-state index is 6.39. The molecule has 0 saturated carbocycles. The summed E-state index contributed by atoms with van der Waals surface area (Å²) in [5.74, 6) is 1.26. The summed E-state index contributed by atoms with van der Waals surface area (Å²) in [5.41, 5.74) is 2.12. The van der Waals surface area contributed by atoms with Crippen LogP contribution in [-0.4, -0.2) is 31.4 Å². The van der Waals surface area contributed by atoms with Gasteiger partial charge in [-0.1, -0.05) is 11.6 Å². The standard InChI is InChI=1S/C13H18ClN5O/c1-8-12(13(14)18(3)17-8)10-5-4-6-19(10)7-11-16-15-9(2)20-11/h10H,4-7H2,1-3H3/t10-/m1/s1. The van der Waals surface area contributed by atoms with E-state index >= 15 is 0 Å². The average Bonchev–Trinajstić information content (AvgIpc) is 3.05. The highest BCUT2D eigenvalue weighted by Gasteiger charge is 2.31. The summed E-state index contributed by atoms with van der Waals surface area (Å²) >= 11 is 6.39. The second-order valence-corrected chi connectivity index (χ2v) is 5.61. The Morgan fingerprint density at radius 2 is 2.15 bits per heavy atom. The molecule has 0 amide bonds. The van der Waals surface area contributed by atoms with Gasteiger partial charge in [0.2, 0.25) is 11.8 Å². The van der Waals surface area contributed by atoms with Gasteiger partial charge in [-0.25, -0.2) is 0 Å². The number of halogens is 1. The maximum Gasteiger partial charge on any atom is 0.230 e. The summed E-state index contributed by atoms with van der Waals surface area (Å²) in [6.45, 7) is 5.49. The molecule has 6 nitrogen and oxygen atoms in total. The Labute approximate surface area is 122 Å². The van der Waals surface area contributed by atoms with Crippen molar-refractivity contribution in [2.45, 2.75) is 39.3 Å². The van der Waals surface area contributed by atoms with E-state index in [9.17, 15) is 0 Å². The monoisotopic (exact) mass is 295 g/mol. The minimum Gasteiger partial charge on any atom is -0.424 e. The summed E-state index contributed by atoms with van der Waals surface area (Å²) in [7, 11) is 1.87. The van der Waals surface area contributed by atoms with Gasteiger partial charge < -0.3 is 4.42 Å². The van der Waals surface area contributed by atoms with Gasteiger partial charge in [-0.2, -0.15) is 5.10 Å². The van der Waals surface area contributed by atoms with Gasteiger partial charge in [0.25, 0.3) is 0 Å². The maximum absolute atomic E-state index is 6.39. The first-order chi connectivity index (χ1) is 9.56. The van der Waals surface area contributed by atoms with Crippen LogP contribution in [0.15, 0.2) is 4.42 Å². The van der Waals surface area contributed by atoms with Gasteiger partial charge in [0, 0.05) is 25.6 Å². The molecule has 0 unspecified atom stereocenters. The van der Waals surface area contributed by atoms with Crippen LogP contribution in [0.5, 0.6) is 0 Å². The molecule has 0 bridgehead atoms. The van der Waals surface area contributed by atoms with Crippen molar-refractivity contribution in [1.82, 2.24) is 24.9 Å². The Morgan fingerprint density at radius 1 is 1.35 bits per heavy atom. The first kappa shape index (κ1) is 13.6. The molecule has 1 aliphatic rings. The van der Waals surface area contributed by atoms with Crippen LogP contribution in [0.3, 0.4) is 0 Å². The molecule has 3 heterocycles. The van der Waals surface area contributed by atoms with Gasteiger partial charge in [-0.15, -0.1) is 10.2 Å². The first-order valence-electron chi connectivity index (χ1n) is 6.78. The van der Waals surface area contributed by atoms with E-state index in [0.717, 1.165) is 35.8 Å². The van der Waals surface area contributed by atoms with Crippen LogP contribution < -0.4 is 0 Å². The van der Waals surface area contributed by atoms with Crippen LogP contribution in [0.1, 0.15) is 41.9 Å². The molecule has 1 fully saturated rings. The molecule has 20 heavy (non-hydrogen) atoms. The molecule has 1 atom stereocenters. The highest BCUT2D eigenvalue weighted by molar-refractivity contribution is 6.30. The molecule has 1 aliphatic heterocycles. The van der Waals surface area contributed by atoms with E-state index in [1.54, 1.807) is 11.6 Å². The second-order valence-electron chi connectivity index (χ2n) is 5.26. The Balaban J connectivity index is 1.85. The van der Waals surface area contributed by atoms with Crippen molar-refractivity contribution in [3.63, 3.8) is 0 Å². The quantitative estimate of drug-likeness (QED) is 0.870. The fraction of sp³-hybridized carbons (Fsp3) is 0.615. The zero-order valence-electron chi connectivity index (χ0n) is 11.9. The van der Waals surface area contributed by atoms with Crippen LogP contribution in [0.25, 0.3) is 0 Å². The average molecular weight is 296 g/mol. The van der Waals surface area contributed by atoms with Crippen molar-refractivity contribution in [2.24, 2.45) is 7.05 Å². The molecule has 0 N–H and O–H groups in total. The van der Waals surface area contributed by atoms with E-state index in [4.69, 9.17) is 16.0 Å². The summed E-state index contributed by atoms with van der Waals surface area (Å²) in [6.07, 6.45) is 2.22. The zero-order chi connectivity index (χ0) is 14.3. The lowest BCUT2D eigenvalue weighted by Crippen LogP contribution is -2.23. The molecule has 0 radical (unpaired) electrons. The normalized spacial score (nSPS) is 19.9. The first-order valence-corrected chi connectivity index (χ1v) is 7.16. The smallest absolute Gasteiger partial charge is 0.230 e. The number of aromatic nitrogens is 4. The van der Waals surface area contributed by atoms with Crippen LogP contribution in [0.2, 0.25) is 5.15 Å². The Hall–Kier alpha value is -1.40. The molecular weight excluding hydrogens is 278 g/mol. The minimum atomic E-state index is 0.281. The Kier molecular flexibility index (Phi) is 3.52. The molecule has 7 heteroatoms. The van der Waals surface area contributed by atoms with Gasteiger partial charge >= 0.3 is 0 Å². The van der Waals surface area contributed by atoms with Crippen molar-refractivity contribution in [1.29, 1.82) is 0 Å². The summed E-state index contributed by atoms with van der Waals surface area (Å²) in [4.78, 5) is 2.34. The number of nitrogens with zero attached hydrogens (tertiary/aromatic N) is 5. The number of hydrogen-bond donors (Lipinski definition) is 0. The van der Waals surface area contributed by atoms with Gasteiger partial charge in [-0.05, 0) is 26.3 Å². The third-order valence-corrected chi connectivity index (χ3v) is 4.25. The van der Waals surface area contributed by atoms with E-state index in [1.807, 2.05) is 14.0 Å². The lowest BCUT2D eigenvalue weighted by molar-refractivity contribution is 0.221. The molecule has 0 spiro atoms. The van der Waals surface area contributed by atoms with Crippen molar-refractivity contribution in [2.75, 3.05) is 6.54 Å². The van der Waals surface area contributed by atoms with Crippen molar-refractivity contribution >= 4 is 11.6 Å². The molecule has 2 aromatic rings. The molecular formula is C13H18ClN5O. The molecule has 1 saturated heterocycles. The largest absolute Gasteiger partial charge is 0.424 e. The van der Waals surface area contributed by atoms with Gasteiger partial charge in [0.05, 0.1) is 12.2 Å². The van der Waals surface area contributed by atoms with E-state index in [2.05, 4.69) is 20.2 Å². The third-order valence-electron chi connectivity index (χ3n) is 3.80. The molecule has 3 rings (SSSR count). The number of aryl methyl sites for hydroxylation is 3. The number of likely N-dealkylation sites (tertiary alicyclic amines) is 1. The highest BCUT2D eigenvalue weighted by atomic mass is 35.5. The lowest BCUT2D eigenvalue weighted by atomic mass is 10.1. The molecule has 108 valence electrons. The van der Waals surface area contributed by atoms with Crippen LogP contribution >= 0.6 is 11.6 Å². The molecule has 2 aromatic heterocycles. The van der Waals surface area contributed by atoms with E-state index in [1.165, 1.54) is 0 Å². The highest BCUT2D eigenvalue weighted by Crippen LogP contribution is 2.38. The van der Waals surface area contributed by atoms with Crippen LogP contribution in [0.4, 0.5) is 0 Å². The summed E-state index contributed by atoms with van der Waals surface area (Å²) in [6, 6.07) is 0.281. The predicted molar refractivity (Wildman–Crippen MR) is 74.4 cm³/mol. The van der Waals surface area contributed by atoms with Crippen LogP contribution in [-0.2, 0) is 13.6 Å². The van der Waals surface area contributed by atoms with Gasteiger partial charge in [-0.3, -0.25) is 9.58 Å².